The number of ether oxygens (including phenoxy) is 2. The summed E-state index contributed by atoms with van der Waals surface area (Å²) < 4.78 is 10.8. The van der Waals surface area contributed by atoms with E-state index in [9.17, 15) is 0 Å². The van der Waals surface area contributed by atoms with Gasteiger partial charge in [0.15, 0.2) is 0 Å². The Labute approximate surface area is 119 Å². The van der Waals surface area contributed by atoms with Crippen molar-refractivity contribution in [1.82, 2.24) is 15.3 Å². The molecule has 1 atom stereocenters. The fourth-order valence-corrected chi connectivity index (χ4v) is 2.05. The predicted octanol–water partition coefficient (Wildman–Crippen LogP) is 1.81. The van der Waals surface area contributed by atoms with Crippen LogP contribution in [0, 0.1) is 0 Å². The minimum atomic E-state index is -0.00468. The summed E-state index contributed by atoms with van der Waals surface area (Å²) >= 11 is 0. The van der Waals surface area contributed by atoms with E-state index in [4.69, 9.17) is 9.47 Å². The Kier molecular flexibility index (Phi) is 5.46. The number of hydrogen-bond acceptors (Lipinski definition) is 5. The van der Waals surface area contributed by atoms with Gasteiger partial charge in [0.2, 0.25) is 0 Å². The first-order valence-electron chi connectivity index (χ1n) is 6.49. The minimum absolute atomic E-state index is 0.00468. The van der Waals surface area contributed by atoms with Crippen LogP contribution in [0.1, 0.15) is 17.2 Å². The molecule has 20 heavy (non-hydrogen) atoms. The van der Waals surface area contributed by atoms with E-state index in [1.807, 2.05) is 31.3 Å². The minimum Gasteiger partial charge on any atom is -0.491 e. The number of methoxy groups -OCH3 is 1. The van der Waals surface area contributed by atoms with Crippen molar-refractivity contribution in [3.8, 4) is 5.75 Å². The molecule has 0 aliphatic carbocycles. The lowest BCUT2D eigenvalue weighted by atomic mass is 10.0. The first-order valence-corrected chi connectivity index (χ1v) is 6.49. The topological polar surface area (TPSA) is 56.3 Å². The average Bonchev–Trinajstić information content (AvgIpc) is 2.51. The SMILES string of the molecule is CNC(c1cncnc1)c1ccccc1OCCOC. The lowest BCUT2D eigenvalue weighted by molar-refractivity contribution is 0.145. The zero-order valence-electron chi connectivity index (χ0n) is 11.7. The normalized spacial score (nSPS) is 12.1. The smallest absolute Gasteiger partial charge is 0.124 e. The molecule has 0 radical (unpaired) electrons. The van der Waals surface area contributed by atoms with Gasteiger partial charge in [-0.05, 0) is 13.1 Å². The van der Waals surface area contributed by atoms with Crippen molar-refractivity contribution in [1.29, 1.82) is 0 Å². The van der Waals surface area contributed by atoms with Crippen LogP contribution >= 0.6 is 0 Å². The molecule has 0 aliphatic heterocycles. The van der Waals surface area contributed by atoms with Crippen LogP contribution < -0.4 is 10.1 Å². The van der Waals surface area contributed by atoms with Crippen molar-refractivity contribution in [2.45, 2.75) is 6.04 Å². The lowest BCUT2D eigenvalue weighted by Gasteiger charge is -2.20. The van der Waals surface area contributed by atoms with Crippen LogP contribution in [0.2, 0.25) is 0 Å². The van der Waals surface area contributed by atoms with Gasteiger partial charge in [0.25, 0.3) is 0 Å². The molecule has 0 saturated carbocycles. The van der Waals surface area contributed by atoms with Gasteiger partial charge in [0.1, 0.15) is 18.7 Å². The number of aromatic nitrogens is 2. The highest BCUT2D eigenvalue weighted by molar-refractivity contribution is 5.40. The van der Waals surface area contributed by atoms with Crippen LogP contribution in [0.25, 0.3) is 0 Å². The highest BCUT2D eigenvalue weighted by Crippen LogP contribution is 2.29. The quantitative estimate of drug-likeness (QED) is 0.780. The van der Waals surface area contributed by atoms with Gasteiger partial charge in [-0.3, -0.25) is 0 Å². The van der Waals surface area contributed by atoms with Gasteiger partial charge >= 0.3 is 0 Å². The maximum atomic E-state index is 5.78. The van der Waals surface area contributed by atoms with Crippen LogP contribution in [0.5, 0.6) is 5.75 Å². The summed E-state index contributed by atoms with van der Waals surface area (Å²) in [7, 11) is 3.57. The number of nitrogens with one attached hydrogen (secondary N) is 1. The Hall–Kier alpha value is -1.98. The van der Waals surface area contributed by atoms with E-state index in [2.05, 4.69) is 15.3 Å². The molecule has 0 fully saturated rings. The van der Waals surface area contributed by atoms with E-state index >= 15 is 0 Å². The molecule has 1 unspecified atom stereocenters. The van der Waals surface area contributed by atoms with Gasteiger partial charge in [-0.1, -0.05) is 18.2 Å². The second kappa shape index (κ2) is 7.57. The van der Waals surface area contributed by atoms with Crippen molar-refractivity contribution < 1.29 is 9.47 Å². The largest absolute Gasteiger partial charge is 0.491 e. The molecule has 0 bridgehead atoms. The van der Waals surface area contributed by atoms with E-state index in [-0.39, 0.29) is 6.04 Å². The fraction of sp³-hybridized carbons (Fsp3) is 0.333. The molecule has 1 aromatic carbocycles. The molecule has 0 amide bonds. The molecular weight excluding hydrogens is 254 g/mol. The van der Waals surface area contributed by atoms with Gasteiger partial charge in [-0.25, -0.2) is 9.97 Å². The van der Waals surface area contributed by atoms with E-state index < -0.39 is 0 Å². The van der Waals surface area contributed by atoms with Gasteiger partial charge in [-0.2, -0.15) is 0 Å². The average molecular weight is 273 g/mol. The Balaban J connectivity index is 2.25. The Morgan fingerprint density at radius 2 is 1.90 bits per heavy atom. The van der Waals surface area contributed by atoms with Crippen LogP contribution in [-0.4, -0.2) is 37.3 Å². The maximum Gasteiger partial charge on any atom is 0.124 e. The molecule has 5 heteroatoms. The van der Waals surface area contributed by atoms with Crippen LogP contribution in [0.15, 0.2) is 43.0 Å². The second-order valence-corrected chi connectivity index (χ2v) is 4.27. The lowest BCUT2D eigenvalue weighted by Crippen LogP contribution is -2.19. The molecule has 2 aromatic rings. The standard InChI is InChI=1S/C15H19N3O2/c1-16-15(12-9-17-11-18-10-12)13-5-3-4-6-14(13)20-8-7-19-2/h3-6,9-11,15-16H,7-8H2,1-2H3. The Morgan fingerprint density at radius 1 is 1.15 bits per heavy atom. The monoisotopic (exact) mass is 273 g/mol. The van der Waals surface area contributed by atoms with Crippen molar-refractivity contribution in [3.05, 3.63) is 54.1 Å². The van der Waals surface area contributed by atoms with E-state index in [1.165, 1.54) is 6.33 Å². The summed E-state index contributed by atoms with van der Waals surface area (Å²) in [5.74, 6) is 0.841. The first-order chi connectivity index (χ1) is 9.86. The number of para-hydroxylation sites is 1. The molecule has 0 spiro atoms. The molecule has 2 rings (SSSR count). The summed E-state index contributed by atoms with van der Waals surface area (Å²) in [5.41, 5.74) is 2.05. The zero-order valence-corrected chi connectivity index (χ0v) is 11.7. The Bertz CT molecular complexity index is 520. The molecule has 5 nitrogen and oxygen atoms in total. The van der Waals surface area contributed by atoms with Crippen molar-refractivity contribution >= 4 is 0 Å². The fourth-order valence-electron chi connectivity index (χ4n) is 2.05. The summed E-state index contributed by atoms with van der Waals surface area (Å²) in [6.45, 7) is 1.09. The number of rotatable bonds is 7. The van der Waals surface area contributed by atoms with Crippen LogP contribution in [0.3, 0.4) is 0 Å². The molecule has 1 aromatic heterocycles. The maximum absolute atomic E-state index is 5.78. The summed E-state index contributed by atoms with van der Waals surface area (Å²) in [5, 5.41) is 3.27. The van der Waals surface area contributed by atoms with Crippen molar-refractivity contribution in [3.63, 3.8) is 0 Å². The van der Waals surface area contributed by atoms with E-state index in [1.54, 1.807) is 19.5 Å². The molecule has 106 valence electrons. The zero-order chi connectivity index (χ0) is 14.2. The third kappa shape index (κ3) is 3.53. The molecule has 1 N–H and O–H groups in total. The molecule has 0 saturated heterocycles. The summed E-state index contributed by atoms with van der Waals surface area (Å²) in [4.78, 5) is 8.14. The van der Waals surface area contributed by atoms with Gasteiger partial charge in [0.05, 0.1) is 12.6 Å². The summed E-state index contributed by atoms with van der Waals surface area (Å²) in [6.07, 6.45) is 5.14. The Morgan fingerprint density at radius 3 is 2.60 bits per heavy atom. The molecule has 1 heterocycles. The van der Waals surface area contributed by atoms with Gasteiger partial charge < -0.3 is 14.8 Å². The molecule has 0 aliphatic rings. The third-order valence-electron chi connectivity index (χ3n) is 2.98. The predicted molar refractivity (Wildman–Crippen MR) is 76.7 cm³/mol. The van der Waals surface area contributed by atoms with Crippen LogP contribution in [-0.2, 0) is 4.74 Å². The highest BCUT2D eigenvalue weighted by atomic mass is 16.5. The van der Waals surface area contributed by atoms with Gasteiger partial charge in [0, 0.05) is 30.6 Å². The second-order valence-electron chi connectivity index (χ2n) is 4.27. The van der Waals surface area contributed by atoms with Crippen molar-refractivity contribution in [2.75, 3.05) is 27.4 Å². The third-order valence-corrected chi connectivity index (χ3v) is 2.98. The molecular formula is C15H19N3O2. The first kappa shape index (κ1) is 14.4. The number of benzene rings is 1. The number of hydrogen-bond donors (Lipinski definition) is 1. The van der Waals surface area contributed by atoms with E-state index in [0.29, 0.717) is 13.2 Å². The van der Waals surface area contributed by atoms with Gasteiger partial charge in [-0.15, -0.1) is 0 Å². The highest BCUT2D eigenvalue weighted by Gasteiger charge is 2.16. The van der Waals surface area contributed by atoms with Crippen LogP contribution in [0.4, 0.5) is 0 Å². The van der Waals surface area contributed by atoms with E-state index in [0.717, 1.165) is 16.9 Å². The number of nitrogens with zero attached hydrogens (tertiary/aromatic N) is 2. The van der Waals surface area contributed by atoms with Crippen molar-refractivity contribution in [2.24, 2.45) is 0 Å². The summed E-state index contributed by atoms with van der Waals surface area (Å²) in [6, 6.07) is 7.94.